The van der Waals surface area contributed by atoms with E-state index in [1.165, 1.54) is 12.8 Å². The van der Waals surface area contributed by atoms with Crippen molar-refractivity contribution in [3.63, 3.8) is 0 Å². The molecule has 2 aromatic rings. The summed E-state index contributed by atoms with van der Waals surface area (Å²) in [5.74, 6) is 0.568. The van der Waals surface area contributed by atoms with Crippen molar-refractivity contribution in [3.8, 4) is 0 Å². The normalized spacial score (nSPS) is 21.3. The fourth-order valence-corrected chi connectivity index (χ4v) is 5.52. The first-order valence-electron chi connectivity index (χ1n) is 11.1. The molecule has 164 valence electrons. The van der Waals surface area contributed by atoms with Crippen LogP contribution in [0.25, 0.3) is 10.9 Å². The molecule has 0 radical (unpaired) electrons. The molecule has 2 aliphatic rings. The predicted molar refractivity (Wildman–Crippen MR) is 119 cm³/mol. The van der Waals surface area contributed by atoms with E-state index in [-0.39, 0.29) is 17.4 Å². The number of carbonyl (C=O) groups excluding carboxylic acids is 1. The quantitative estimate of drug-likeness (QED) is 0.749. The SMILES string of the molecule is CC(C(=O)N1CCC(C(C)(C)[C@H](O)c2cc(Cl)cc3cn[nH]c23)CC1)N1CCCC1. The topological polar surface area (TPSA) is 72.5 Å². The summed E-state index contributed by atoms with van der Waals surface area (Å²) in [6.07, 6.45) is 5.24. The molecule has 1 unspecified atom stereocenters. The number of hydrogen-bond donors (Lipinski definition) is 2. The van der Waals surface area contributed by atoms with Crippen LogP contribution < -0.4 is 0 Å². The number of hydrogen-bond acceptors (Lipinski definition) is 4. The number of carbonyl (C=O) groups is 1. The van der Waals surface area contributed by atoms with E-state index in [9.17, 15) is 9.90 Å². The maximum atomic E-state index is 13.0. The number of nitrogens with zero attached hydrogens (tertiary/aromatic N) is 3. The second-order valence-corrected chi connectivity index (χ2v) is 10.0. The van der Waals surface area contributed by atoms with Gasteiger partial charge in [0.25, 0.3) is 0 Å². The Balaban J connectivity index is 1.44. The minimum Gasteiger partial charge on any atom is -0.388 e. The molecule has 0 spiro atoms. The number of aromatic nitrogens is 2. The number of aromatic amines is 1. The molecule has 2 atom stereocenters. The number of aliphatic hydroxyl groups excluding tert-OH is 1. The lowest BCUT2D eigenvalue weighted by molar-refractivity contribution is -0.138. The van der Waals surface area contributed by atoms with E-state index in [1.54, 1.807) is 6.20 Å². The summed E-state index contributed by atoms with van der Waals surface area (Å²) < 4.78 is 0. The second-order valence-electron chi connectivity index (χ2n) is 9.57. The van der Waals surface area contributed by atoms with E-state index in [0.717, 1.165) is 55.5 Å². The number of halogens is 1. The van der Waals surface area contributed by atoms with Crippen molar-refractivity contribution < 1.29 is 9.90 Å². The van der Waals surface area contributed by atoms with Gasteiger partial charge in [-0.05, 0) is 69.2 Å². The zero-order valence-electron chi connectivity index (χ0n) is 18.2. The lowest BCUT2D eigenvalue weighted by atomic mass is 9.68. The van der Waals surface area contributed by atoms with Crippen LogP contribution in [0.4, 0.5) is 0 Å². The highest BCUT2D eigenvalue weighted by Crippen LogP contribution is 2.46. The molecule has 7 heteroatoms. The number of nitrogens with one attached hydrogen (secondary N) is 1. The number of rotatable bonds is 5. The van der Waals surface area contributed by atoms with Gasteiger partial charge in [0, 0.05) is 29.1 Å². The number of H-pyrrole nitrogens is 1. The van der Waals surface area contributed by atoms with Gasteiger partial charge in [-0.25, -0.2) is 0 Å². The van der Waals surface area contributed by atoms with Crippen molar-refractivity contribution in [2.45, 2.75) is 58.6 Å². The molecular formula is C23H33ClN4O2. The van der Waals surface area contributed by atoms with Crippen molar-refractivity contribution >= 4 is 28.4 Å². The predicted octanol–water partition coefficient (Wildman–Crippen LogP) is 4.00. The third-order valence-electron chi connectivity index (χ3n) is 7.45. The van der Waals surface area contributed by atoms with Gasteiger partial charge in [0.15, 0.2) is 0 Å². The van der Waals surface area contributed by atoms with Crippen molar-refractivity contribution in [1.82, 2.24) is 20.0 Å². The maximum absolute atomic E-state index is 13.0. The summed E-state index contributed by atoms with van der Waals surface area (Å²) in [4.78, 5) is 17.3. The first-order chi connectivity index (χ1) is 14.3. The van der Waals surface area contributed by atoms with Crippen molar-refractivity contribution in [1.29, 1.82) is 0 Å². The van der Waals surface area contributed by atoms with E-state index >= 15 is 0 Å². The first-order valence-corrected chi connectivity index (χ1v) is 11.5. The Bertz CT molecular complexity index is 898. The molecule has 1 amide bonds. The fraction of sp³-hybridized carbons (Fsp3) is 0.652. The summed E-state index contributed by atoms with van der Waals surface area (Å²) in [5.41, 5.74) is 1.28. The third-order valence-corrected chi connectivity index (χ3v) is 7.67. The molecule has 1 aromatic heterocycles. The van der Waals surface area contributed by atoms with Crippen LogP contribution in [0.1, 0.15) is 58.1 Å². The lowest BCUT2D eigenvalue weighted by Crippen LogP contribution is -2.50. The average molecular weight is 433 g/mol. The molecule has 2 saturated heterocycles. The summed E-state index contributed by atoms with van der Waals surface area (Å²) in [5, 5.41) is 20.0. The van der Waals surface area contributed by atoms with Gasteiger partial charge in [-0.15, -0.1) is 0 Å². The standard InChI is InChI=1S/C23H33ClN4O2/c1-15(27-8-4-5-9-27)22(30)28-10-6-17(7-11-28)23(2,3)21(29)19-13-18(24)12-16-14-25-26-20(16)19/h12-15,17,21,29H,4-11H2,1-3H3,(H,25,26)/t15?,21-/m1/s1. The Morgan fingerprint density at radius 2 is 1.90 bits per heavy atom. The highest BCUT2D eigenvalue weighted by atomic mass is 35.5. The molecule has 4 rings (SSSR count). The van der Waals surface area contributed by atoms with Crippen LogP contribution in [0.15, 0.2) is 18.3 Å². The van der Waals surface area contributed by atoms with E-state index in [0.29, 0.717) is 10.9 Å². The molecule has 0 bridgehead atoms. The second kappa shape index (κ2) is 8.48. The Morgan fingerprint density at radius 1 is 1.23 bits per heavy atom. The van der Waals surface area contributed by atoms with Gasteiger partial charge >= 0.3 is 0 Å². The van der Waals surface area contributed by atoms with Crippen LogP contribution >= 0.6 is 11.6 Å². The Hall–Kier alpha value is -1.63. The van der Waals surface area contributed by atoms with Crippen LogP contribution in [0.3, 0.4) is 0 Å². The highest BCUT2D eigenvalue weighted by molar-refractivity contribution is 6.31. The largest absolute Gasteiger partial charge is 0.388 e. The van der Waals surface area contributed by atoms with Crippen LogP contribution in [0.2, 0.25) is 5.02 Å². The summed E-state index contributed by atoms with van der Waals surface area (Å²) in [6, 6.07) is 3.67. The zero-order valence-corrected chi connectivity index (χ0v) is 19.0. The zero-order chi connectivity index (χ0) is 21.5. The van der Waals surface area contributed by atoms with Crippen molar-refractivity contribution in [2.24, 2.45) is 11.3 Å². The maximum Gasteiger partial charge on any atom is 0.239 e. The molecule has 2 aliphatic heterocycles. The number of benzene rings is 1. The van der Waals surface area contributed by atoms with Crippen LogP contribution in [-0.2, 0) is 4.79 Å². The number of aliphatic hydroxyl groups is 1. The molecule has 3 heterocycles. The lowest BCUT2D eigenvalue weighted by Gasteiger charge is -2.44. The summed E-state index contributed by atoms with van der Waals surface area (Å²) in [7, 11) is 0. The average Bonchev–Trinajstić information content (AvgIpc) is 3.43. The van der Waals surface area contributed by atoms with Crippen LogP contribution in [0.5, 0.6) is 0 Å². The van der Waals surface area contributed by atoms with Gasteiger partial charge in [0.1, 0.15) is 0 Å². The van der Waals surface area contributed by atoms with Gasteiger partial charge in [-0.3, -0.25) is 14.8 Å². The molecule has 0 aliphatic carbocycles. The summed E-state index contributed by atoms with van der Waals surface area (Å²) in [6.45, 7) is 9.86. The molecule has 2 N–H and O–H groups in total. The van der Waals surface area contributed by atoms with Gasteiger partial charge in [-0.2, -0.15) is 5.10 Å². The minimum atomic E-state index is -0.671. The van der Waals surface area contributed by atoms with Crippen LogP contribution in [0, 0.1) is 11.3 Å². The van der Waals surface area contributed by atoms with Crippen molar-refractivity contribution in [3.05, 3.63) is 28.9 Å². The number of amides is 1. The molecule has 6 nitrogen and oxygen atoms in total. The monoisotopic (exact) mass is 432 g/mol. The summed E-state index contributed by atoms with van der Waals surface area (Å²) >= 11 is 6.30. The van der Waals surface area contributed by atoms with Gasteiger partial charge < -0.3 is 10.0 Å². The molecular weight excluding hydrogens is 400 g/mol. The van der Waals surface area contributed by atoms with E-state index in [1.807, 2.05) is 24.0 Å². The van der Waals surface area contributed by atoms with Gasteiger partial charge in [0.05, 0.1) is 23.9 Å². The van der Waals surface area contributed by atoms with Gasteiger partial charge in [-0.1, -0.05) is 25.4 Å². The molecule has 30 heavy (non-hydrogen) atoms. The van der Waals surface area contributed by atoms with Gasteiger partial charge in [0.2, 0.25) is 5.91 Å². The van der Waals surface area contributed by atoms with Crippen LogP contribution in [-0.4, -0.2) is 63.2 Å². The minimum absolute atomic E-state index is 0.0252. The van der Waals surface area contributed by atoms with E-state index in [4.69, 9.17) is 11.6 Å². The fourth-order valence-electron chi connectivity index (χ4n) is 5.28. The smallest absolute Gasteiger partial charge is 0.239 e. The van der Waals surface area contributed by atoms with Crippen molar-refractivity contribution in [2.75, 3.05) is 26.2 Å². The third kappa shape index (κ3) is 3.97. The molecule has 1 aromatic carbocycles. The first kappa shape index (κ1) is 21.6. The molecule has 0 saturated carbocycles. The highest BCUT2D eigenvalue weighted by Gasteiger charge is 2.41. The Morgan fingerprint density at radius 3 is 2.57 bits per heavy atom. The Labute approximate surface area is 183 Å². The van der Waals surface area contributed by atoms with E-state index < -0.39 is 6.10 Å². The molecule has 2 fully saturated rings. The number of fused-ring (bicyclic) bond motifs is 1. The number of likely N-dealkylation sites (tertiary alicyclic amines) is 2. The number of piperidine rings is 1. The van der Waals surface area contributed by atoms with E-state index in [2.05, 4.69) is 28.9 Å². The Kier molecular flexibility index (Phi) is 6.11.